The second-order valence-electron chi connectivity index (χ2n) is 11.0. The van der Waals surface area contributed by atoms with Gasteiger partial charge in [-0.3, -0.25) is 9.69 Å². The lowest BCUT2D eigenvalue weighted by molar-refractivity contribution is -0.124. The predicted molar refractivity (Wildman–Crippen MR) is 145 cm³/mol. The fraction of sp³-hybridized carbons (Fsp3) is 0.367. The van der Waals surface area contributed by atoms with Crippen molar-refractivity contribution in [2.45, 2.75) is 63.6 Å². The van der Waals surface area contributed by atoms with Gasteiger partial charge in [-0.25, -0.2) is 9.78 Å². The Labute approximate surface area is 222 Å². The van der Waals surface area contributed by atoms with E-state index in [4.69, 9.17) is 9.72 Å². The molecule has 1 unspecified atom stereocenters. The molecule has 2 amide bonds. The van der Waals surface area contributed by atoms with Gasteiger partial charge in [0.1, 0.15) is 5.69 Å². The molecule has 198 valence electrons. The molecule has 38 heavy (non-hydrogen) atoms. The van der Waals surface area contributed by atoms with Crippen LogP contribution in [-0.2, 0) is 10.3 Å². The number of aliphatic hydroxyl groups excluding tert-OH is 1. The van der Waals surface area contributed by atoms with E-state index < -0.39 is 23.3 Å². The van der Waals surface area contributed by atoms with Gasteiger partial charge in [-0.1, -0.05) is 54.6 Å². The minimum absolute atomic E-state index is 0.173. The summed E-state index contributed by atoms with van der Waals surface area (Å²) in [6.45, 7) is 5.62. The lowest BCUT2D eigenvalue weighted by Gasteiger charge is -2.54. The monoisotopic (exact) mass is 515 g/mol. The standard InChI is InChI=1S/C30H33N3O5/c1-29(2,3)33(28(36)37)30(15-7-16-30)21-12-10-20(11-13-21)25-22(19-8-5-4-6-9-19)18-23-27(32-25)38-24(14-17-34)26(35)31-23/h4-6,8-13,18,24,34H,7,14-17H2,1-3H3,(H,31,35)(H,36,37). The van der Waals surface area contributed by atoms with E-state index in [9.17, 15) is 19.8 Å². The Morgan fingerprint density at radius 3 is 2.34 bits per heavy atom. The van der Waals surface area contributed by atoms with E-state index in [1.807, 2.05) is 81.4 Å². The molecule has 1 atom stereocenters. The maximum absolute atomic E-state index is 12.5. The number of carboxylic acid groups (broad SMARTS) is 1. The third-order valence-corrected chi connectivity index (χ3v) is 7.43. The Morgan fingerprint density at radius 2 is 1.79 bits per heavy atom. The summed E-state index contributed by atoms with van der Waals surface area (Å²) in [5.41, 5.74) is 3.67. The molecule has 1 saturated carbocycles. The molecule has 0 spiro atoms. The van der Waals surface area contributed by atoms with Crippen molar-refractivity contribution in [1.82, 2.24) is 9.88 Å². The largest absolute Gasteiger partial charge is 0.465 e. The van der Waals surface area contributed by atoms with Gasteiger partial charge >= 0.3 is 6.09 Å². The van der Waals surface area contributed by atoms with E-state index in [0.717, 1.165) is 41.5 Å². The van der Waals surface area contributed by atoms with Gasteiger partial charge in [0.25, 0.3) is 5.91 Å². The van der Waals surface area contributed by atoms with E-state index in [-0.39, 0.29) is 18.9 Å². The highest BCUT2D eigenvalue weighted by Gasteiger charge is 2.50. The number of amides is 2. The minimum Gasteiger partial charge on any atom is -0.465 e. The number of benzene rings is 2. The molecule has 2 aromatic carbocycles. The molecule has 8 nitrogen and oxygen atoms in total. The second kappa shape index (κ2) is 9.76. The fourth-order valence-corrected chi connectivity index (χ4v) is 5.65. The topological polar surface area (TPSA) is 112 Å². The number of carbonyl (C=O) groups is 2. The van der Waals surface area contributed by atoms with Crippen LogP contribution in [0.15, 0.2) is 60.7 Å². The minimum atomic E-state index is -0.916. The summed E-state index contributed by atoms with van der Waals surface area (Å²) in [6, 6.07) is 19.6. The van der Waals surface area contributed by atoms with Crippen LogP contribution < -0.4 is 10.1 Å². The third kappa shape index (κ3) is 4.49. The SMILES string of the molecule is CC(C)(C)N(C(=O)O)C1(c2ccc(-c3nc4c(cc3-c3ccccc3)NC(=O)C(CCO)O4)cc2)CCC1. The van der Waals surface area contributed by atoms with Crippen LogP contribution >= 0.6 is 0 Å². The summed E-state index contributed by atoms with van der Waals surface area (Å²) in [7, 11) is 0. The first-order valence-electron chi connectivity index (χ1n) is 13.0. The van der Waals surface area contributed by atoms with Gasteiger partial charge in [0.2, 0.25) is 5.88 Å². The van der Waals surface area contributed by atoms with Gasteiger partial charge in [-0.2, -0.15) is 0 Å². The second-order valence-corrected chi connectivity index (χ2v) is 11.0. The number of pyridine rings is 1. The molecule has 2 heterocycles. The Balaban J connectivity index is 1.58. The Bertz CT molecular complexity index is 1340. The summed E-state index contributed by atoms with van der Waals surface area (Å²) in [5, 5.41) is 22.3. The molecule has 5 rings (SSSR count). The normalized spacial score (nSPS) is 18.0. The van der Waals surface area contributed by atoms with Crippen molar-refractivity contribution < 1.29 is 24.5 Å². The predicted octanol–water partition coefficient (Wildman–Crippen LogP) is 5.66. The molecule has 3 N–H and O–H groups in total. The van der Waals surface area contributed by atoms with Crippen molar-refractivity contribution in [3.05, 3.63) is 66.2 Å². The molecular formula is C30H33N3O5. The van der Waals surface area contributed by atoms with Gasteiger partial charge in [0.15, 0.2) is 6.10 Å². The van der Waals surface area contributed by atoms with Crippen LogP contribution in [0.2, 0.25) is 0 Å². The lowest BCUT2D eigenvalue weighted by Crippen LogP contribution is -2.60. The molecule has 2 aliphatic rings. The summed E-state index contributed by atoms with van der Waals surface area (Å²) >= 11 is 0. The van der Waals surface area contributed by atoms with E-state index >= 15 is 0 Å². The van der Waals surface area contributed by atoms with Crippen molar-refractivity contribution in [3.63, 3.8) is 0 Å². The van der Waals surface area contributed by atoms with Gasteiger partial charge in [0.05, 0.1) is 11.2 Å². The zero-order valence-corrected chi connectivity index (χ0v) is 21.9. The third-order valence-electron chi connectivity index (χ3n) is 7.43. The molecule has 1 aromatic heterocycles. The number of ether oxygens (including phenoxy) is 1. The van der Waals surface area contributed by atoms with E-state index in [1.54, 1.807) is 4.90 Å². The van der Waals surface area contributed by atoms with Crippen molar-refractivity contribution in [1.29, 1.82) is 0 Å². The number of fused-ring (bicyclic) bond motifs is 1. The zero-order chi connectivity index (χ0) is 27.1. The van der Waals surface area contributed by atoms with E-state index in [1.165, 1.54) is 0 Å². The first kappa shape index (κ1) is 25.7. The first-order valence-corrected chi connectivity index (χ1v) is 13.0. The van der Waals surface area contributed by atoms with Gasteiger partial charge in [-0.15, -0.1) is 0 Å². The molecule has 0 saturated heterocycles. The highest BCUT2D eigenvalue weighted by molar-refractivity contribution is 5.99. The number of carbonyl (C=O) groups excluding carboxylic acids is 1. The molecule has 1 aliphatic heterocycles. The van der Waals surface area contributed by atoms with Crippen molar-refractivity contribution in [2.24, 2.45) is 0 Å². The number of hydrogen-bond acceptors (Lipinski definition) is 5. The van der Waals surface area contributed by atoms with Gasteiger partial charge in [0, 0.05) is 29.7 Å². The number of aliphatic hydroxyl groups is 1. The van der Waals surface area contributed by atoms with Crippen LogP contribution in [0.1, 0.15) is 52.0 Å². The quantitative estimate of drug-likeness (QED) is 0.391. The number of hydrogen-bond donors (Lipinski definition) is 3. The van der Waals surface area contributed by atoms with Crippen molar-refractivity contribution in [3.8, 4) is 28.3 Å². The van der Waals surface area contributed by atoms with Gasteiger partial charge < -0.3 is 20.3 Å². The van der Waals surface area contributed by atoms with Crippen molar-refractivity contribution >= 4 is 17.7 Å². The molecule has 1 aliphatic carbocycles. The number of rotatable bonds is 6. The molecule has 1 fully saturated rings. The highest BCUT2D eigenvalue weighted by atomic mass is 16.5. The molecule has 3 aromatic rings. The molecule has 8 heteroatoms. The Hall–Kier alpha value is -3.91. The first-order chi connectivity index (χ1) is 18.1. The Morgan fingerprint density at radius 1 is 1.11 bits per heavy atom. The number of aromatic nitrogens is 1. The van der Waals surface area contributed by atoms with Crippen LogP contribution in [0.3, 0.4) is 0 Å². The summed E-state index contributed by atoms with van der Waals surface area (Å²) in [6.07, 6.45) is 0.984. The van der Waals surface area contributed by atoms with Crippen LogP contribution in [0, 0.1) is 0 Å². The average molecular weight is 516 g/mol. The summed E-state index contributed by atoms with van der Waals surface area (Å²) < 4.78 is 5.88. The highest BCUT2D eigenvalue weighted by Crippen LogP contribution is 2.50. The van der Waals surface area contributed by atoms with E-state index in [0.29, 0.717) is 17.3 Å². The Kier molecular flexibility index (Phi) is 6.61. The van der Waals surface area contributed by atoms with Gasteiger partial charge in [-0.05, 0) is 57.2 Å². The summed E-state index contributed by atoms with van der Waals surface area (Å²) in [4.78, 5) is 31.2. The number of nitrogens with zero attached hydrogens (tertiary/aromatic N) is 2. The molecule has 0 radical (unpaired) electrons. The van der Waals surface area contributed by atoms with Crippen LogP contribution in [-0.4, -0.2) is 50.3 Å². The zero-order valence-electron chi connectivity index (χ0n) is 21.9. The summed E-state index contributed by atoms with van der Waals surface area (Å²) in [5.74, 6) is -0.000787. The number of nitrogens with one attached hydrogen (secondary N) is 1. The maximum atomic E-state index is 12.5. The van der Waals surface area contributed by atoms with Crippen LogP contribution in [0.25, 0.3) is 22.4 Å². The fourth-order valence-electron chi connectivity index (χ4n) is 5.65. The average Bonchev–Trinajstić information content (AvgIpc) is 2.86. The van der Waals surface area contributed by atoms with Crippen LogP contribution in [0.5, 0.6) is 5.88 Å². The molecule has 0 bridgehead atoms. The lowest BCUT2D eigenvalue weighted by atomic mass is 9.69. The number of anilines is 1. The van der Waals surface area contributed by atoms with E-state index in [2.05, 4.69) is 5.32 Å². The molecular weight excluding hydrogens is 482 g/mol. The smallest absolute Gasteiger partial charge is 0.408 e. The van der Waals surface area contributed by atoms with Crippen molar-refractivity contribution in [2.75, 3.05) is 11.9 Å². The maximum Gasteiger partial charge on any atom is 0.408 e. The van der Waals surface area contributed by atoms with Crippen LogP contribution in [0.4, 0.5) is 10.5 Å².